The van der Waals surface area contributed by atoms with E-state index in [1.165, 1.54) is 19.1 Å². The maximum Gasteiger partial charge on any atom is 0.208 e. The summed E-state index contributed by atoms with van der Waals surface area (Å²) in [7, 11) is -3.06. The minimum Gasteiger partial charge on any atom is -0.395 e. The second kappa shape index (κ2) is 5.79. The highest BCUT2D eigenvalue weighted by atomic mass is 32.2. The van der Waals surface area contributed by atoms with Gasteiger partial charge >= 0.3 is 0 Å². The number of aliphatic hydroxyl groups is 1. The van der Waals surface area contributed by atoms with Crippen molar-refractivity contribution >= 4 is 10.0 Å². The van der Waals surface area contributed by atoms with Gasteiger partial charge in [0.25, 0.3) is 0 Å². The van der Waals surface area contributed by atoms with Crippen molar-refractivity contribution in [2.45, 2.75) is 25.3 Å². The normalized spacial score (nSPS) is 17.3. The van der Waals surface area contributed by atoms with Gasteiger partial charge in [0, 0.05) is 19.1 Å². The molecule has 1 saturated carbocycles. The highest BCUT2D eigenvalue weighted by molar-refractivity contribution is 7.88. The van der Waals surface area contributed by atoms with Gasteiger partial charge in [0.1, 0.15) is 0 Å². The summed E-state index contributed by atoms with van der Waals surface area (Å²) in [6, 6.07) is 0.621. The fourth-order valence-electron chi connectivity index (χ4n) is 1.58. The second-order valence-electron chi connectivity index (χ2n) is 4.01. The van der Waals surface area contributed by atoms with Crippen LogP contribution in [0.15, 0.2) is 0 Å². The summed E-state index contributed by atoms with van der Waals surface area (Å²) in [6.07, 6.45) is 4.38. The molecule has 0 spiro atoms. The summed E-state index contributed by atoms with van der Waals surface area (Å²) in [4.78, 5) is 2.23. The Hall–Kier alpha value is -0.170. The molecule has 0 amide bonds. The Balaban J connectivity index is 2.11. The molecule has 1 aliphatic carbocycles. The quantitative estimate of drug-likeness (QED) is 0.551. The van der Waals surface area contributed by atoms with Gasteiger partial charge in [0.05, 0.1) is 12.9 Å². The Morgan fingerprint density at radius 2 is 2.07 bits per heavy atom. The fraction of sp³-hybridized carbons (Fsp3) is 1.00. The van der Waals surface area contributed by atoms with Crippen LogP contribution in [0.3, 0.4) is 0 Å². The average Bonchev–Trinajstić information content (AvgIpc) is 2.91. The topological polar surface area (TPSA) is 69.6 Å². The molecule has 1 fully saturated rings. The molecule has 0 atom stereocenters. The Bertz CT molecular complexity index is 275. The van der Waals surface area contributed by atoms with Crippen molar-refractivity contribution < 1.29 is 13.5 Å². The molecule has 0 aromatic heterocycles. The first-order chi connectivity index (χ1) is 7.03. The van der Waals surface area contributed by atoms with Gasteiger partial charge in [-0.15, -0.1) is 0 Å². The fourth-order valence-corrected chi connectivity index (χ4v) is 2.10. The van der Waals surface area contributed by atoms with Crippen LogP contribution in [-0.2, 0) is 10.0 Å². The molecule has 0 aliphatic heterocycles. The number of sulfonamides is 1. The zero-order chi connectivity index (χ0) is 11.3. The Morgan fingerprint density at radius 1 is 1.40 bits per heavy atom. The predicted octanol–water partition coefficient (Wildman–Crippen LogP) is -0.618. The SMILES string of the molecule is CS(=O)(=O)NCCCN(CCO)C1CC1. The molecule has 0 saturated heterocycles. The van der Waals surface area contributed by atoms with Gasteiger partial charge in [-0.2, -0.15) is 0 Å². The first kappa shape index (κ1) is 12.9. The lowest BCUT2D eigenvalue weighted by Crippen LogP contribution is -2.32. The van der Waals surface area contributed by atoms with Crippen LogP contribution < -0.4 is 4.72 Å². The standard InChI is InChI=1S/C9H20N2O3S/c1-15(13,14)10-5-2-6-11(7-8-12)9-3-4-9/h9-10,12H,2-8H2,1H3. The van der Waals surface area contributed by atoms with E-state index in [2.05, 4.69) is 9.62 Å². The molecule has 90 valence electrons. The molecular weight excluding hydrogens is 216 g/mol. The number of rotatable bonds is 8. The summed E-state index contributed by atoms with van der Waals surface area (Å²) in [5.41, 5.74) is 0. The van der Waals surface area contributed by atoms with Crippen molar-refractivity contribution in [2.75, 3.05) is 32.5 Å². The van der Waals surface area contributed by atoms with Crippen LogP contribution in [-0.4, -0.2) is 57.0 Å². The largest absolute Gasteiger partial charge is 0.395 e. The van der Waals surface area contributed by atoms with Gasteiger partial charge in [-0.05, 0) is 25.8 Å². The van der Waals surface area contributed by atoms with Crippen LogP contribution in [0, 0.1) is 0 Å². The lowest BCUT2D eigenvalue weighted by Gasteiger charge is -2.20. The van der Waals surface area contributed by atoms with E-state index < -0.39 is 10.0 Å². The highest BCUT2D eigenvalue weighted by Gasteiger charge is 2.27. The predicted molar refractivity (Wildman–Crippen MR) is 59.1 cm³/mol. The van der Waals surface area contributed by atoms with Crippen molar-refractivity contribution in [3.8, 4) is 0 Å². The number of nitrogens with zero attached hydrogens (tertiary/aromatic N) is 1. The Labute approximate surface area is 91.5 Å². The van der Waals surface area contributed by atoms with E-state index >= 15 is 0 Å². The lowest BCUT2D eigenvalue weighted by atomic mass is 10.3. The zero-order valence-electron chi connectivity index (χ0n) is 9.15. The monoisotopic (exact) mass is 236 g/mol. The van der Waals surface area contributed by atoms with E-state index in [-0.39, 0.29) is 6.61 Å². The minimum absolute atomic E-state index is 0.177. The van der Waals surface area contributed by atoms with Gasteiger partial charge in [-0.3, -0.25) is 4.90 Å². The smallest absolute Gasteiger partial charge is 0.208 e. The first-order valence-corrected chi connectivity index (χ1v) is 7.21. The van der Waals surface area contributed by atoms with Gasteiger partial charge in [-0.1, -0.05) is 0 Å². The summed E-state index contributed by atoms with van der Waals surface area (Å²) >= 11 is 0. The average molecular weight is 236 g/mol. The van der Waals surface area contributed by atoms with Crippen LogP contribution in [0.25, 0.3) is 0 Å². The number of hydrogen-bond donors (Lipinski definition) is 2. The molecule has 0 aromatic carbocycles. The van der Waals surface area contributed by atoms with E-state index in [0.29, 0.717) is 19.1 Å². The molecular formula is C9H20N2O3S. The third kappa shape index (κ3) is 6.09. The molecule has 0 aromatic rings. The Kier molecular flexibility index (Phi) is 4.98. The molecule has 6 heteroatoms. The van der Waals surface area contributed by atoms with E-state index in [1.54, 1.807) is 0 Å². The molecule has 2 N–H and O–H groups in total. The lowest BCUT2D eigenvalue weighted by molar-refractivity contribution is 0.188. The van der Waals surface area contributed by atoms with Crippen LogP contribution in [0.5, 0.6) is 0 Å². The van der Waals surface area contributed by atoms with Gasteiger partial charge in [0.2, 0.25) is 10.0 Å². The Morgan fingerprint density at radius 3 is 2.53 bits per heavy atom. The van der Waals surface area contributed by atoms with Crippen molar-refractivity contribution in [3.05, 3.63) is 0 Å². The zero-order valence-corrected chi connectivity index (χ0v) is 9.96. The van der Waals surface area contributed by atoms with Crippen LogP contribution in [0.4, 0.5) is 0 Å². The highest BCUT2D eigenvalue weighted by Crippen LogP contribution is 2.26. The van der Waals surface area contributed by atoms with E-state index in [4.69, 9.17) is 5.11 Å². The number of aliphatic hydroxyl groups excluding tert-OH is 1. The van der Waals surface area contributed by atoms with Gasteiger partial charge < -0.3 is 5.11 Å². The second-order valence-corrected chi connectivity index (χ2v) is 5.84. The van der Waals surface area contributed by atoms with Crippen LogP contribution >= 0.6 is 0 Å². The summed E-state index contributed by atoms with van der Waals surface area (Å²) in [5.74, 6) is 0. The van der Waals surface area contributed by atoms with Crippen molar-refractivity contribution in [1.29, 1.82) is 0 Å². The molecule has 1 rings (SSSR count). The van der Waals surface area contributed by atoms with E-state index in [9.17, 15) is 8.42 Å². The van der Waals surface area contributed by atoms with E-state index in [0.717, 1.165) is 13.0 Å². The molecule has 0 radical (unpaired) electrons. The molecule has 15 heavy (non-hydrogen) atoms. The summed E-state index contributed by atoms with van der Waals surface area (Å²) in [6.45, 7) is 2.21. The van der Waals surface area contributed by atoms with Crippen molar-refractivity contribution in [2.24, 2.45) is 0 Å². The minimum atomic E-state index is -3.06. The number of nitrogens with one attached hydrogen (secondary N) is 1. The molecule has 5 nitrogen and oxygen atoms in total. The first-order valence-electron chi connectivity index (χ1n) is 5.32. The maximum absolute atomic E-state index is 10.8. The van der Waals surface area contributed by atoms with E-state index in [1.807, 2.05) is 0 Å². The maximum atomic E-state index is 10.8. The summed E-state index contributed by atoms with van der Waals surface area (Å²) < 4.78 is 24.0. The van der Waals surface area contributed by atoms with Gasteiger partial charge in [-0.25, -0.2) is 13.1 Å². The number of hydrogen-bond acceptors (Lipinski definition) is 4. The van der Waals surface area contributed by atoms with Crippen LogP contribution in [0.1, 0.15) is 19.3 Å². The van der Waals surface area contributed by atoms with Crippen molar-refractivity contribution in [3.63, 3.8) is 0 Å². The molecule has 0 unspecified atom stereocenters. The molecule has 0 heterocycles. The summed E-state index contributed by atoms with van der Waals surface area (Å²) in [5, 5.41) is 8.85. The third-order valence-electron chi connectivity index (χ3n) is 2.44. The third-order valence-corrected chi connectivity index (χ3v) is 3.17. The molecule has 0 bridgehead atoms. The molecule has 1 aliphatic rings. The van der Waals surface area contributed by atoms with Crippen molar-refractivity contribution in [1.82, 2.24) is 9.62 Å². The van der Waals surface area contributed by atoms with Gasteiger partial charge in [0.15, 0.2) is 0 Å². The van der Waals surface area contributed by atoms with Crippen LogP contribution in [0.2, 0.25) is 0 Å².